The van der Waals surface area contributed by atoms with Gasteiger partial charge in [0.1, 0.15) is 0 Å². The smallest absolute Gasteiger partial charge is 0.251 e. The van der Waals surface area contributed by atoms with E-state index < -0.39 is 6.04 Å². The van der Waals surface area contributed by atoms with E-state index in [0.717, 1.165) is 0 Å². The quantitative estimate of drug-likeness (QED) is 0.602. The minimum atomic E-state index is -0.567. The second-order valence-corrected chi connectivity index (χ2v) is 4.82. The van der Waals surface area contributed by atoms with Crippen LogP contribution < -0.4 is 16.4 Å². The predicted molar refractivity (Wildman–Crippen MR) is 77.3 cm³/mol. The van der Waals surface area contributed by atoms with Gasteiger partial charge in [-0.05, 0) is 30.2 Å². The molecule has 0 aromatic heterocycles. The number of aliphatic hydroxyl groups is 1. The van der Waals surface area contributed by atoms with Crippen LogP contribution in [0.5, 0.6) is 0 Å². The molecular weight excluding hydrogens is 258 g/mol. The van der Waals surface area contributed by atoms with E-state index in [2.05, 4.69) is 10.6 Å². The van der Waals surface area contributed by atoms with Gasteiger partial charge in [0.05, 0.1) is 12.6 Å². The lowest BCUT2D eigenvalue weighted by atomic mass is 10.0. The molecule has 20 heavy (non-hydrogen) atoms. The molecule has 1 unspecified atom stereocenters. The predicted octanol–water partition coefficient (Wildman–Crippen LogP) is 0.330. The molecule has 0 aliphatic carbocycles. The van der Waals surface area contributed by atoms with Crippen LogP contribution in [0.3, 0.4) is 0 Å². The molecule has 0 aliphatic rings. The van der Waals surface area contributed by atoms with Gasteiger partial charge in [0.15, 0.2) is 0 Å². The van der Waals surface area contributed by atoms with Crippen LogP contribution in [-0.4, -0.2) is 36.1 Å². The maximum Gasteiger partial charge on any atom is 0.251 e. The highest BCUT2D eigenvalue weighted by Gasteiger charge is 2.17. The normalized spacial score (nSPS) is 12.1. The Hall–Kier alpha value is -1.92. The van der Waals surface area contributed by atoms with E-state index in [4.69, 9.17) is 10.8 Å². The Kier molecular flexibility index (Phi) is 6.14. The van der Waals surface area contributed by atoms with E-state index in [1.807, 2.05) is 13.8 Å². The number of aliphatic hydroxyl groups excluding tert-OH is 1. The summed E-state index contributed by atoms with van der Waals surface area (Å²) in [7, 11) is 0. The summed E-state index contributed by atoms with van der Waals surface area (Å²) in [6, 6.07) is 5.91. The molecule has 1 aromatic rings. The third-order valence-electron chi connectivity index (χ3n) is 2.83. The number of anilines is 1. The van der Waals surface area contributed by atoms with E-state index in [1.54, 1.807) is 24.3 Å². The summed E-state index contributed by atoms with van der Waals surface area (Å²) in [6.07, 6.45) is 0. The molecule has 0 saturated heterocycles. The molecule has 6 heteroatoms. The largest absolute Gasteiger partial charge is 0.395 e. The van der Waals surface area contributed by atoms with Crippen LogP contribution in [0.15, 0.2) is 24.3 Å². The molecule has 0 radical (unpaired) electrons. The van der Waals surface area contributed by atoms with E-state index in [1.165, 1.54) is 0 Å². The standard InChI is InChI=1S/C14H21N3O3/c1-9(2)12(15)14(20)17-11-5-3-10(4-6-11)13(19)16-7-8-18/h3-6,9,12,18H,7-8,15H2,1-2H3,(H,16,19)(H,17,20). The molecule has 2 amide bonds. The van der Waals surface area contributed by atoms with Crippen molar-refractivity contribution in [3.05, 3.63) is 29.8 Å². The van der Waals surface area contributed by atoms with Gasteiger partial charge in [-0.2, -0.15) is 0 Å². The summed E-state index contributed by atoms with van der Waals surface area (Å²) >= 11 is 0. The molecule has 0 bridgehead atoms. The maximum absolute atomic E-state index is 11.8. The van der Waals surface area contributed by atoms with Gasteiger partial charge in [0.25, 0.3) is 5.91 Å². The molecule has 1 atom stereocenters. The molecular formula is C14H21N3O3. The van der Waals surface area contributed by atoms with Crippen LogP contribution in [0.1, 0.15) is 24.2 Å². The van der Waals surface area contributed by atoms with Gasteiger partial charge in [-0.15, -0.1) is 0 Å². The summed E-state index contributed by atoms with van der Waals surface area (Å²) in [5.74, 6) is -0.466. The van der Waals surface area contributed by atoms with Crippen LogP contribution in [0.4, 0.5) is 5.69 Å². The summed E-state index contributed by atoms with van der Waals surface area (Å²) in [5.41, 5.74) is 6.79. The fourth-order valence-corrected chi connectivity index (χ4v) is 1.50. The molecule has 1 aromatic carbocycles. The van der Waals surface area contributed by atoms with Crippen molar-refractivity contribution in [3.8, 4) is 0 Å². The zero-order valence-electron chi connectivity index (χ0n) is 11.7. The summed E-state index contributed by atoms with van der Waals surface area (Å²) in [4.78, 5) is 23.4. The molecule has 6 nitrogen and oxygen atoms in total. The van der Waals surface area contributed by atoms with E-state index in [-0.39, 0.29) is 30.9 Å². The van der Waals surface area contributed by atoms with E-state index >= 15 is 0 Å². The van der Waals surface area contributed by atoms with Gasteiger partial charge in [-0.3, -0.25) is 9.59 Å². The molecule has 0 spiro atoms. The lowest BCUT2D eigenvalue weighted by molar-refractivity contribution is -0.118. The topological polar surface area (TPSA) is 104 Å². The van der Waals surface area contributed by atoms with Crippen LogP contribution in [-0.2, 0) is 4.79 Å². The number of benzene rings is 1. The Labute approximate surface area is 118 Å². The highest BCUT2D eigenvalue weighted by Crippen LogP contribution is 2.11. The minimum Gasteiger partial charge on any atom is -0.395 e. The molecule has 0 aliphatic heterocycles. The first-order valence-electron chi connectivity index (χ1n) is 6.51. The summed E-state index contributed by atoms with van der Waals surface area (Å²) < 4.78 is 0. The third kappa shape index (κ3) is 4.64. The number of rotatable bonds is 6. The molecule has 0 fully saturated rings. The van der Waals surface area contributed by atoms with Crippen molar-refractivity contribution in [2.75, 3.05) is 18.5 Å². The van der Waals surface area contributed by atoms with Crippen molar-refractivity contribution in [3.63, 3.8) is 0 Å². The number of carbonyl (C=O) groups is 2. The van der Waals surface area contributed by atoms with Crippen molar-refractivity contribution >= 4 is 17.5 Å². The van der Waals surface area contributed by atoms with E-state index in [0.29, 0.717) is 11.3 Å². The Morgan fingerprint density at radius 3 is 2.35 bits per heavy atom. The van der Waals surface area contributed by atoms with Crippen molar-refractivity contribution < 1.29 is 14.7 Å². The number of carbonyl (C=O) groups excluding carboxylic acids is 2. The first-order chi connectivity index (χ1) is 9.45. The highest BCUT2D eigenvalue weighted by molar-refractivity contribution is 5.97. The zero-order chi connectivity index (χ0) is 15.1. The Balaban J connectivity index is 2.63. The first-order valence-corrected chi connectivity index (χ1v) is 6.51. The maximum atomic E-state index is 11.8. The number of hydrogen-bond donors (Lipinski definition) is 4. The second-order valence-electron chi connectivity index (χ2n) is 4.82. The van der Waals surface area contributed by atoms with E-state index in [9.17, 15) is 9.59 Å². The molecule has 1 rings (SSSR count). The zero-order valence-corrected chi connectivity index (χ0v) is 11.7. The molecule has 0 saturated carbocycles. The lowest BCUT2D eigenvalue weighted by Gasteiger charge is -2.15. The van der Waals surface area contributed by atoms with Gasteiger partial charge >= 0.3 is 0 Å². The number of amides is 2. The van der Waals surface area contributed by atoms with Crippen LogP contribution in [0.2, 0.25) is 0 Å². The fourth-order valence-electron chi connectivity index (χ4n) is 1.50. The molecule has 5 N–H and O–H groups in total. The van der Waals surface area contributed by atoms with Gasteiger partial charge in [-0.25, -0.2) is 0 Å². The third-order valence-corrected chi connectivity index (χ3v) is 2.83. The van der Waals surface area contributed by atoms with Gasteiger partial charge < -0.3 is 21.5 Å². The van der Waals surface area contributed by atoms with Crippen molar-refractivity contribution in [2.24, 2.45) is 11.7 Å². The SMILES string of the molecule is CC(C)C(N)C(=O)Nc1ccc(C(=O)NCCO)cc1. The van der Waals surface area contributed by atoms with Crippen LogP contribution in [0, 0.1) is 5.92 Å². The van der Waals surface area contributed by atoms with Crippen LogP contribution in [0.25, 0.3) is 0 Å². The summed E-state index contributed by atoms with van der Waals surface area (Å²) in [6.45, 7) is 3.85. The molecule has 110 valence electrons. The number of nitrogens with two attached hydrogens (primary N) is 1. The second kappa shape index (κ2) is 7.62. The average molecular weight is 279 g/mol. The van der Waals surface area contributed by atoms with Crippen molar-refractivity contribution in [1.82, 2.24) is 5.32 Å². The molecule has 0 heterocycles. The Morgan fingerprint density at radius 1 is 1.25 bits per heavy atom. The summed E-state index contributed by atoms with van der Waals surface area (Å²) in [5, 5.41) is 13.9. The van der Waals surface area contributed by atoms with Gasteiger partial charge in [0, 0.05) is 17.8 Å². The van der Waals surface area contributed by atoms with Gasteiger partial charge in [0.2, 0.25) is 5.91 Å². The average Bonchev–Trinajstić information content (AvgIpc) is 2.44. The Bertz CT molecular complexity index is 457. The number of nitrogens with one attached hydrogen (secondary N) is 2. The lowest BCUT2D eigenvalue weighted by Crippen LogP contribution is -2.39. The first kappa shape index (κ1) is 16.1. The Morgan fingerprint density at radius 2 is 1.85 bits per heavy atom. The van der Waals surface area contributed by atoms with Crippen molar-refractivity contribution in [1.29, 1.82) is 0 Å². The monoisotopic (exact) mass is 279 g/mol. The fraction of sp³-hybridized carbons (Fsp3) is 0.429. The van der Waals surface area contributed by atoms with Crippen molar-refractivity contribution in [2.45, 2.75) is 19.9 Å². The van der Waals surface area contributed by atoms with Gasteiger partial charge in [-0.1, -0.05) is 13.8 Å². The highest BCUT2D eigenvalue weighted by atomic mass is 16.3. The minimum absolute atomic E-state index is 0.0542. The number of hydrogen-bond acceptors (Lipinski definition) is 4. The van der Waals surface area contributed by atoms with Crippen LogP contribution >= 0.6 is 0 Å².